The number of hydrogen-bond acceptors (Lipinski definition) is 2. The van der Waals surface area contributed by atoms with E-state index in [9.17, 15) is 0 Å². The largest absolute Gasteiger partial charge is 0.357 e. The molecule has 0 aliphatic carbocycles. The van der Waals surface area contributed by atoms with Crippen LogP contribution in [0, 0.1) is 0 Å². The third-order valence-electron chi connectivity index (χ3n) is 1.30. The molecule has 1 aliphatic heterocycles. The van der Waals surface area contributed by atoms with Crippen LogP contribution in [0.4, 0.5) is 0 Å². The van der Waals surface area contributed by atoms with Crippen molar-refractivity contribution in [2.75, 3.05) is 6.61 Å². The fourth-order valence-corrected chi connectivity index (χ4v) is 1.53. The van der Waals surface area contributed by atoms with Gasteiger partial charge in [0.05, 0.1) is 23.0 Å². The molecule has 0 bridgehead atoms. The van der Waals surface area contributed by atoms with Crippen molar-refractivity contribution < 1.29 is 9.47 Å². The lowest BCUT2D eigenvalue weighted by Crippen LogP contribution is -2.30. The van der Waals surface area contributed by atoms with E-state index in [4.69, 9.17) is 9.47 Å². The van der Waals surface area contributed by atoms with Crippen LogP contribution in [0.1, 0.15) is 13.3 Å². The first-order valence-electron chi connectivity index (χ1n) is 3.06. The van der Waals surface area contributed by atoms with Gasteiger partial charge in [0, 0.05) is 0 Å². The Bertz CT molecular complexity index is 68.8. The van der Waals surface area contributed by atoms with E-state index in [2.05, 4.69) is 6.92 Å². The molecule has 0 aromatic carbocycles. The van der Waals surface area contributed by atoms with Crippen LogP contribution in [-0.4, -0.2) is 28.9 Å². The summed E-state index contributed by atoms with van der Waals surface area (Å²) in [6.07, 6.45) is 1.48. The third-order valence-corrected chi connectivity index (χ3v) is 1.91. The monoisotopic (exact) mass is 132 g/mol. The molecule has 2 atom stereocenters. The maximum Gasteiger partial charge on any atom is 0.131 e. The fourth-order valence-electron chi connectivity index (χ4n) is 0.834. The van der Waals surface area contributed by atoms with Crippen LogP contribution < -0.4 is 0 Å². The average Bonchev–Trinajstić information content (AvgIpc) is 1.64. The van der Waals surface area contributed by atoms with Gasteiger partial charge in [0.2, 0.25) is 0 Å². The molecule has 1 heterocycles. The van der Waals surface area contributed by atoms with E-state index < -0.39 is 0 Å². The zero-order valence-corrected chi connectivity index (χ0v) is 7.39. The van der Waals surface area contributed by atoms with Crippen molar-refractivity contribution in [2.24, 2.45) is 0 Å². The molecule has 0 amide bonds. The van der Waals surface area contributed by atoms with Gasteiger partial charge >= 0.3 is 0 Å². The molecule has 1 rings (SSSR count). The molecule has 1 fully saturated rings. The van der Waals surface area contributed by atoms with Crippen molar-refractivity contribution in [1.29, 1.82) is 0 Å². The SMILES string of the molecule is C[C@@H]1CCOC([SiH3])O1. The van der Waals surface area contributed by atoms with Crippen molar-refractivity contribution in [3.63, 3.8) is 0 Å². The van der Waals surface area contributed by atoms with Crippen LogP contribution in [0.5, 0.6) is 0 Å². The molecule has 2 nitrogen and oxygen atoms in total. The highest BCUT2D eigenvalue weighted by atomic mass is 28.1. The molecular weight excluding hydrogens is 120 g/mol. The Labute approximate surface area is 52.6 Å². The molecule has 8 heavy (non-hydrogen) atoms. The second-order valence-electron chi connectivity index (χ2n) is 2.17. The first kappa shape index (κ1) is 6.26. The van der Waals surface area contributed by atoms with Crippen LogP contribution in [0.3, 0.4) is 0 Å². The fraction of sp³-hybridized carbons (Fsp3) is 1.00. The zero-order valence-electron chi connectivity index (χ0n) is 5.39. The van der Waals surface area contributed by atoms with Crippen molar-refractivity contribution in [3.8, 4) is 0 Å². The number of ether oxygens (including phenoxy) is 2. The highest BCUT2D eigenvalue weighted by molar-refractivity contribution is 6.10. The Morgan fingerprint density at radius 2 is 2.38 bits per heavy atom. The van der Waals surface area contributed by atoms with Gasteiger partial charge in [-0.05, 0) is 13.3 Å². The predicted octanol–water partition coefficient (Wildman–Crippen LogP) is -0.539. The van der Waals surface area contributed by atoms with Crippen molar-refractivity contribution in [3.05, 3.63) is 0 Å². The van der Waals surface area contributed by atoms with Gasteiger partial charge < -0.3 is 9.47 Å². The van der Waals surface area contributed by atoms with Crippen LogP contribution in [0.15, 0.2) is 0 Å². The molecular formula is C5H12O2Si. The summed E-state index contributed by atoms with van der Waals surface area (Å²) in [5.41, 5.74) is 0. The number of hydrogen-bond donors (Lipinski definition) is 0. The summed E-state index contributed by atoms with van der Waals surface area (Å²) < 4.78 is 10.5. The molecule has 1 aliphatic rings. The molecule has 0 N–H and O–H groups in total. The lowest BCUT2D eigenvalue weighted by Gasteiger charge is -2.25. The highest BCUT2D eigenvalue weighted by Crippen LogP contribution is 2.08. The van der Waals surface area contributed by atoms with Crippen molar-refractivity contribution in [2.45, 2.75) is 25.4 Å². The lowest BCUT2D eigenvalue weighted by molar-refractivity contribution is -0.162. The molecule has 0 aromatic heterocycles. The van der Waals surface area contributed by atoms with E-state index in [1.54, 1.807) is 0 Å². The maximum absolute atomic E-state index is 5.33. The van der Waals surface area contributed by atoms with Gasteiger partial charge in [-0.25, -0.2) is 0 Å². The van der Waals surface area contributed by atoms with Crippen LogP contribution >= 0.6 is 0 Å². The van der Waals surface area contributed by atoms with Gasteiger partial charge in [0.15, 0.2) is 0 Å². The topological polar surface area (TPSA) is 18.5 Å². The standard InChI is InChI=1S/C5H12O2Si/c1-4-2-3-6-5(8)7-4/h4-5H,2-3H2,1,8H3/t4-,5?/m1/s1. The van der Waals surface area contributed by atoms with Gasteiger partial charge in [0.25, 0.3) is 0 Å². The minimum absolute atomic E-state index is 0.152. The summed E-state index contributed by atoms with van der Waals surface area (Å²) in [5, 5.41) is 0. The van der Waals surface area contributed by atoms with E-state index >= 15 is 0 Å². The van der Waals surface area contributed by atoms with E-state index in [1.807, 2.05) is 0 Å². The Morgan fingerprint density at radius 3 is 2.75 bits per heavy atom. The van der Waals surface area contributed by atoms with Crippen molar-refractivity contribution >= 4 is 10.2 Å². The van der Waals surface area contributed by atoms with E-state index in [1.165, 1.54) is 0 Å². The van der Waals surface area contributed by atoms with Crippen LogP contribution in [0.25, 0.3) is 0 Å². The minimum atomic E-state index is 0.152. The summed E-state index contributed by atoms with van der Waals surface area (Å²) in [5.74, 6) is 0.152. The van der Waals surface area contributed by atoms with Crippen molar-refractivity contribution in [1.82, 2.24) is 0 Å². The molecule has 1 unspecified atom stereocenters. The van der Waals surface area contributed by atoms with Gasteiger partial charge in [-0.2, -0.15) is 0 Å². The molecule has 0 aromatic rings. The second-order valence-corrected chi connectivity index (χ2v) is 3.12. The summed E-state index contributed by atoms with van der Waals surface area (Å²) in [7, 11) is 0.994. The Hall–Kier alpha value is 0.137. The maximum atomic E-state index is 5.33. The quantitative estimate of drug-likeness (QED) is 0.412. The second kappa shape index (κ2) is 2.62. The first-order valence-corrected chi connectivity index (χ1v) is 4.21. The molecule has 0 spiro atoms. The van der Waals surface area contributed by atoms with Crippen LogP contribution in [0.2, 0.25) is 0 Å². The first-order chi connectivity index (χ1) is 3.79. The smallest absolute Gasteiger partial charge is 0.131 e. The Morgan fingerprint density at radius 1 is 1.62 bits per heavy atom. The zero-order chi connectivity index (χ0) is 5.98. The Kier molecular flexibility index (Phi) is 2.05. The Balaban J connectivity index is 2.23. The summed E-state index contributed by atoms with van der Waals surface area (Å²) in [6.45, 7) is 2.97. The minimum Gasteiger partial charge on any atom is -0.357 e. The highest BCUT2D eigenvalue weighted by Gasteiger charge is 2.13. The molecule has 0 radical (unpaired) electrons. The predicted molar refractivity (Wildman–Crippen MR) is 34.8 cm³/mol. The van der Waals surface area contributed by atoms with E-state index in [0.717, 1.165) is 23.3 Å². The van der Waals surface area contributed by atoms with E-state index in [0.29, 0.717) is 6.10 Å². The summed E-state index contributed by atoms with van der Waals surface area (Å²) >= 11 is 0. The average molecular weight is 132 g/mol. The van der Waals surface area contributed by atoms with Crippen LogP contribution in [-0.2, 0) is 9.47 Å². The normalized spacial score (nSPS) is 40.1. The molecule has 3 heteroatoms. The van der Waals surface area contributed by atoms with Gasteiger partial charge in [-0.15, -0.1) is 0 Å². The van der Waals surface area contributed by atoms with Gasteiger partial charge in [-0.3, -0.25) is 0 Å². The van der Waals surface area contributed by atoms with Gasteiger partial charge in [0.1, 0.15) is 5.91 Å². The molecule has 48 valence electrons. The molecule has 0 saturated carbocycles. The molecule has 1 saturated heterocycles. The summed E-state index contributed by atoms with van der Waals surface area (Å²) in [6, 6.07) is 0. The van der Waals surface area contributed by atoms with E-state index in [-0.39, 0.29) is 5.91 Å². The lowest BCUT2D eigenvalue weighted by atomic mass is 10.3. The summed E-state index contributed by atoms with van der Waals surface area (Å²) in [4.78, 5) is 0. The number of rotatable bonds is 0. The third kappa shape index (κ3) is 1.58. The van der Waals surface area contributed by atoms with Gasteiger partial charge in [-0.1, -0.05) is 0 Å².